The van der Waals surface area contributed by atoms with Gasteiger partial charge >= 0.3 is 0 Å². The molecule has 3 nitrogen and oxygen atoms in total. The number of rotatable bonds is 2. The van der Waals surface area contributed by atoms with Gasteiger partial charge in [-0.3, -0.25) is 0 Å². The van der Waals surface area contributed by atoms with Gasteiger partial charge in [-0.1, -0.05) is 0 Å². The highest BCUT2D eigenvalue weighted by Gasteiger charge is 2.00. The van der Waals surface area contributed by atoms with Gasteiger partial charge in [0, 0.05) is 6.20 Å². The highest BCUT2D eigenvalue weighted by molar-refractivity contribution is 14.2. The van der Waals surface area contributed by atoms with Crippen molar-refractivity contribution in [3.8, 4) is 0 Å². The third-order valence-electron chi connectivity index (χ3n) is 1.24. The smallest absolute Gasteiger partial charge is 0.0911 e. The molecule has 56 valence electrons. The van der Waals surface area contributed by atoms with Crippen LogP contribution in [0.25, 0.3) is 0 Å². The van der Waals surface area contributed by atoms with Crippen molar-refractivity contribution in [1.82, 2.24) is 9.55 Å². The second-order valence-corrected chi connectivity index (χ2v) is 4.02. The normalized spacial score (nSPS) is 11.5. The molecule has 0 aliphatic carbocycles. The fourth-order valence-electron chi connectivity index (χ4n) is 0.695. The summed E-state index contributed by atoms with van der Waals surface area (Å²) in [5.74, 6) is 0. The van der Waals surface area contributed by atoms with Crippen LogP contribution < -0.4 is 0 Å². The zero-order valence-corrected chi connectivity index (χ0v) is 8.66. The summed E-state index contributed by atoms with van der Waals surface area (Å²) in [7, 11) is 0. The van der Waals surface area contributed by atoms with Crippen LogP contribution in [0.1, 0.15) is 11.3 Å². The van der Waals surface area contributed by atoms with Crippen molar-refractivity contribution in [2.45, 2.75) is 13.5 Å². The molecule has 10 heavy (non-hydrogen) atoms. The molecular weight excluding hydrogens is 262 g/mol. The Bertz CT molecular complexity index is 225. The van der Waals surface area contributed by atoms with Crippen molar-refractivity contribution in [2.24, 2.45) is 0 Å². The first kappa shape index (κ1) is 8.43. The number of hydrogen-bond donors (Lipinski definition) is 1. The van der Waals surface area contributed by atoms with E-state index in [1.807, 2.05) is 17.6 Å². The molecule has 0 spiro atoms. The third-order valence-corrected chi connectivity index (χ3v) is 3.12. The number of hydrogen-bond acceptors (Lipinski definition) is 2. The van der Waals surface area contributed by atoms with Crippen LogP contribution in [0.2, 0.25) is 0 Å². The van der Waals surface area contributed by atoms with E-state index in [2.05, 4.69) is 27.1 Å². The van der Waals surface area contributed by atoms with Gasteiger partial charge in [-0.05, 0) is 34.5 Å². The Morgan fingerprint density at radius 1 is 1.90 bits per heavy atom. The van der Waals surface area contributed by atoms with E-state index in [0.717, 1.165) is 11.3 Å². The average Bonchev–Trinajstić information content (AvgIpc) is 2.30. The van der Waals surface area contributed by atoms with Gasteiger partial charge in [-0.15, -0.1) is 0 Å². The molecule has 1 rings (SSSR count). The van der Waals surface area contributed by atoms with Crippen molar-refractivity contribution in [3.05, 3.63) is 17.5 Å². The van der Waals surface area contributed by atoms with E-state index in [1.54, 1.807) is 0 Å². The van der Waals surface area contributed by atoms with Crippen LogP contribution in [0.3, 0.4) is 0 Å². The number of aliphatic hydroxyl groups is 1. The quantitative estimate of drug-likeness (QED) is 0.653. The largest absolute Gasteiger partial charge is 0.390 e. The summed E-state index contributed by atoms with van der Waals surface area (Å²) >= 11 is 2.25. The Hall–Kier alpha value is 0.330. The number of aliphatic hydroxyl groups excluding tert-OH is 1. The first-order chi connectivity index (χ1) is 4.77. The van der Waals surface area contributed by atoms with Crippen LogP contribution in [0, 0.1) is 6.92 Å². The molecule has 0 saturated heterocycles. The summed E-state index contributed by atoms with van der Waals surface area (Å²) in [6.45, 7) is 1.99. The second kappa shape index (κ2) is 3.64. The Labute approximate surface area is 74.1 Å². The third kappa shape index (κ3) is 1.68. The van der Waals surface area contributed by atoms with Crippen LogP contribution >= 0.6 is 28.4 Å². The lowest BCUT2D eigenvalue weighted by molar-refractivity contribution is 0.275. The average molecular weight is 270 g/mol. The molecule has 1 aromatic rings. The van der Waals surface area contributed by atoms with Gasteiger partial charge in [0.2, 0.25) is 0 Å². The summed E-state index contributed by atoms with van der Waals surface area (Å²) in [5, 5.41) is 12.9. The van der Waals surface area contributed by atoms with Gasteiger partial charge in [0.05, 0.1) is 18.7 Å². The Morgan fingerprint density at radius 2 is 2.60 bits per heavy atom. The van der Waals surface area contributed by atoms with Gasteiger partial charge in [-0.25, -0.2) is 4.45 Å². The standard InChI is InChI=1S/C5H8IN2OP/c1-4-2-8(10-6)7-5(4)3-9/h2,9-10H,3H2,1H3. The van der Waals surface area contributed by atoms with Crippen molar-refractivity contribution in [2.75, 3.05) is 0 Å². The zero-order valence-electron chi connectivity index (χ0n) is 5.50. The molecule has 0 aromatic carbocycles. The molecule has 1 heterocycles. The second-order valence-electron chi connectivity index (χ2n) is 1.95. The van der Waals surface area contributed by atoms with Gasteiger partial charge < -0.3 is 5.11 Å². The minimum atomic E-state index is 0.0416. The van der Waals surface area contributed by atoms with Gasteiger partial charge in [0.15, 0.2) is 0 Å². The molecule has 1 N–H and O–H groups in total. The number of aromatic nitrogens is 2. The molecule has 5 heteroatoms. The van der Waals surface area contributed by atoms with Gasteiger partial charge in [-0.2, -0.15) is 5.10 Å². The lowest BCUT2D eigenvalue weighted by atomic mass is 10.3. The van der Waals surface area contributed by atoms with E-state index in [4.69, 9.17) is 5.11 Å². The fourth-order valence-corrected chi connectivity index (χ4v) is 1.84. The molecule has 0 saturated carbocycles. The topological polar surface area (TPSA) is 38.0 Å². The molecule has 0 amide bonds. The molecule has 1 unspecified atom stereocenters. The maximum absolute atomic E-state index is 8.75. The molecule has 0 aliphatic heterocycles. The van der Waals surface area contributed by atoms with E-state index in [9.17, 15) is 0 Å². The van der Waals surface area contributed by atoms with Crippen LogP contribution in [0.4, 0.5) is 0 Å². The Balaban J connectivity index is 2.92. The molecule has 1 aromatic heterocycles. The lowest BCUT2D eigenvalue weighted by Crippen LogP contribution is -1.87. The maximum Gasteiger partial charge on any atom is 0.0911 e. The Morgan fingerprint density at radius 3 is 2.90 bits per heavy atom. The molecule has 0 bridgehead atoms. The molecular formula is C5H8IN2OP. The monoisotopic (exact) mass is 270 g/mol. The van der Waals surface area contributed by atoms with Crippen molar-refractivity contribution >= 4 is 28.4 Å². The Kier molecular flexibility index (Phi) is 3.07. The van der Waals surface area contributed by atoms with Gasteiger partial charge in [0.1, 0.15) is 0 Å². The van der Waals surface area contributed by atoms with Crippen LogP contribution in [-0.4, -0.2) is 14.7 Å². The summed E-state index contributed by atoms with van der Waals surface area (Å²) in [4.78, 5) is 0. The fraction of sp³-hybridized carbons (Fsp3) is 0.400. The number of aryl methyl sites for hydroxylation is 1. The minimum Gasteiger partial charge on any atom is -0.390 e. The maximum atomic E-state index is 8.75. The van der Waals surface area contributed by atoms with Crippen LogP contribution in [0.15, 0.2) is 6.20 Å². The number of halogens is 1. The van der Waals surface area contributed by atoms with Crippen molar-refractivity contribution in [1.29, 1.82) is 0 Å². The van der Waals surface area contributed by atoms with E-state index >= 15 is 0 Å². The zero-order chi connectivity index (χ0) is 7.56. The van der Waals surface area contributed by atoms with Crippen molar-refractivity contribution < 1.29 is 5.11 Å². The summed E-state index contributed by atoms with van der Waals surface area (Å²) in [5.41, 5.74) is 1.84. The molecule has 0 aliphatic rings. The predicted octanol–water partition coefficient (Wildman–Crippen LogP) is 1.48. The molecule has 0 radical (unpaired) electrons. The molecule has 0 fully saturated rings. The highest BCUT2D eigenvalue weighted by atomic mass is 127. The van der Waals surface area contributed by atoms with Crippen LogP contribution in [0.5, 0.6) is 0 Å². The minimum absolute atomic E-state index is 0.0416. The summed E-state index contributed by atoms with van der Waals surface area (Å²) in [6, 6.07) is 0. The highest BCUT2D eigenvalue weighted by Crippen LogP contribution is 2.23. The van der Waals surface area contributed by atoms with Crippen molar-refractivity contribution in [3.63, 3.8) is 0 Å². The first-order valence-corrected chi connectivity index (χ1v) is 6.86. The summed E-state index contributed by atoms with van der Waals surface area (Å²) in [6.07, 6.45) is 2.56. The van der Waals surface area contributed by atoms with E-state index in [1.165, 1.54) is 0 Å². The number of nitrogens with zero attached hydrogens (tertiary/aromatic N) is 2. The van der Waals surface area contributed by atoms with E-state index < -0.39 is 0 Å². The van der Waals surface area contributed by atoms with E-state index in [0.29, 0.717) is 6.37 Å². The van der Waals surface area contributed by atoms with Gasteiger partial charge in [0.25, 0.3) is 0 Å². The molecule has 1 atom stereocenters. The van der Waals surface area contributed by atoms with E-state index in [-0.39, 0.29) is 6.61 Å². The summed E-state index contributed by atoms with van der Waals surface area (Å²) < 4.78 is 1.83. The SMILES string of the molecule is Cc1cn(PI)nc1CO. The lowest BCUT2D eigenvalue weighted by Gasteiger charge is -1.88. The first-order valence-electron chi connectivity index (χ1n) is 2.80. The van der Waals surface area contributed by atoms with Crippen LogP contribution in [-0.2, 0) is 6.61 Å². The predicted molar refractivity (Wildman–Crippen MR) is 50.6 cm³/mol.